The number of carboxylic acids is 1. The van der Waals surface area contributed by atoms with E-state index in [0.29, 0.717) is 12.0 Å². The largest absolute Gasteiger partial charge is 0.478 e. The molecule has 0 aliphatic rings. The smallest absolute Gasteiger partial charge is 0.335 e. The molecule has 1 unspecified atom stereocenters. The molecular formula is C15H13ClO2. The van der Waals surface area contributed by atoms with Crippen molar-refractivity contribution >= 4 is 17.6 Å². The lowest BCUT2D eigenvalue weighted by atomic mass is 10.0. The molecule has 0 spiro atoms. The van der Waals surface area contributed by atoms with Crippen LogP contribution in [0.2, 0.25) is 0 Å². The predicted octanol–water partition coefficient (Wildman–Crippen LogP) is 3.91. The van der Waals surface area contributed by atoms with E-state index >= 15 is 0 Å². The molecule has 0 aliphatic carbocycles. The zero-order valence-electron chi connectivity index (χ0n) is 9.71. The van der Waals surface area contributed by atoms with Gasteiger partial charge >= 0.3 is 5.97 Å². The van der Waals surface area contributed by atoms with Crippen molar-refractivity contribution in [3.63, 3.8) is 0 Å². The van der Waals surface area contributed by atoms with Crippen molar-refractivity contribution in [1.29, 1.82) is 0 Å². The van der Waals surface area contributed by atoms with Crippen LogP contribution in [0.3, 0.4) is 0 Å². The van der Waals surface area contributed by atoms with Crippen LogP contribution < -0.4 is 0 Å². The number of carbonyl (C=O) groups is 1. The fraction of sp³-hybridized carbons (Fsp3) is 0.133. The lowest BCUT2D eigenvalue weighted by Crippen LogP contribution is -2.00. The average molecular weight is 261 g/mol. The maximum absolute atomic E-state index is 10.9. The van der Waals surface area contributed by atoms with Crippen LogP contribution >= 0.6 is 11.6 Å². The highest BCUT2D eigenvalue weighted by Crippen LogP contribution is 2.25. The maximum atomic E-state index is 10.9. The summed E-state index contributed by atoms with van der Waals surface area (Å²) in [5.41, 5.74) is 2.27. The van der Waals surface area contributed by atoms with Gasteiger partial charge in [-0.05, 0) is 29.7 Å². The van der Waals surface area contributed by atoms with Gasteiger partial charge < -0.3 is 5.11 Å². The van der Waals surface area contributed by atoms with E-state index in [4.69, 9.17) is 16.7 Å². The van der Waals surface area contributed by atoms with Crippen LogP contribution in [0.4, 0.5) is 0 Å². The third-order valence-corrected chi connectivity index (χ3v) is 3.16. The van der Waals surface area contributed by atoms with Crippen LogP contribution in [0.5, 0.6) is 0 Å². The molecule has 0 aromatic heterocycles. The van der Waals surface area contributed by atoms with Crippen LogP contribution in [-0.2, 0) is 6.42 Å². The third kappa shape index (κ3) is 3.11. The zero-order chi connectivity index (χ0) is 13.0. The first-order chi connectivity index (χ1) is 8.66. The zero-order valence-corrected chi connectivity index (χ0v) is 10.5. The van der Waals surface area contributed by atoms with E-state index < -0.39 is 5.97 Å². The number of rotatable bonds is 4. The van der Waals surface area contributed by atoms with Gasteiger partial charge in [0.15, 0.2) is 0 Å². The van der Waals surface area contributed by atoms with Gasteiger partial charge in [-0.15, -0.1) is 11.6 Å². The Balaban J connectivity index is 2.14. The second kappa shape index (κ2) is 5.69. The number of alkyl halides is 1. The van der Waals surface area contributed by atoms with Gasteiger partial charge in [0.05, 0.1) is 10.9 Å². The third-order valence-electron chi connectivity index (χ3n) is 2.75. The summed E-state index contributed by atoms with van der Waals surface area (Å²) in [6.45, 7) is 0. The van der Waals surface area contributed by atoms with E-state index in [9.17, 15) is 4.79 Å². The SMILES string of the molecule is O=C(O)c1cccc(CC(Cl)c2ccccc2)c1. The highest BCUT2D eigenvalue weighted by atomic mass is 35.5. The molecule has 0 bridgehead atoms. The monoisotopic (exact) mass is 260 g/mol. The Hall–Kier alpha value is -1.80. The van der Waals surface area contributed by atoms with E-state index in [1.165, 1.54) is 0 Å². The summed E-state index contributed by atoms with van der Waals surface area (Å²) in [7, 11) is 0. The highest BCUT2D eigenvalue weighted by molar-refractivity contribution is 6.20. The van der Waals surface area contributed by atoms with Gasteiger partial charge in [-0.1, -0.05) is 42.5 Å². The van der Waals surface area contributed by atoms with Crippen molar-refractivity contribution in [2.75, 3.05) is 0 Å². The topological polar surface area (TPSA) is 37.3 Å². The fourth-order valence-electron chi connectivity index (χ4n) is 1.82. The number of hydrogen-bond acceptors (Lipinski definition) is 1. The predicted molar refractivity (Wildman–Crippen MR) is 72.1 cm³/mol. The second-order valence-corrected chi connectivity index (χ2v) is 4.61. The second-order valence-electron chi connectivity index (χ2n) is 4.09. The maximum Gasteiger partial charge on any atom is 0.335 e. The van der Waals surface area contributed by atoms with Crippen LogP contribution in [-0.4, -0.2) is 11.1 Å². The van der Waals surface area contributed by atoms with E-state index in [2.05, 4.69) is 0 Å². The average Bonchev–Trinajstić information content (AvgIpc) is 2.40. The van der Waals surface area contributed by atoms with Crippen molar-refractivity contribution in [1.82, 2.24) is 0 Å². The molecule has 1 atom stereocenters. The molecule has 0 heterocycles. The van der Waals surface area contributed by atoms with Crippen molar-refractivity contribution in [2.24, 2.45) is 0 Å². The van der Waals surface area contributed by atoms with Crippen LogP contribution in [0.1, 0.15) is 26.9 Å². The molecular weight excluding hydrogens is 248 g/mol. The number of hydrogen-bond donors (Lipinski definition) is 1. The van der Waals surface area contributed by atoms with Gasteiger partial charge in [-0.2, -0.15) is 0 Å². The quantitative estimate of drug-likeness (QED) is 0.847. The number of carboxylic acid groups (broad SMARTS) is 1. The fourth-order valence-corrected chi connectivity index (χ4v) is 2.14. The molecule has 0 amide bonds. The molecule has 0 radical (unpaired) electrons. The summed E-state index contributed by atoms with van der Waals surface area (Å²) >= 11 is 6.33. The standard InChI is InChI=1S/C15H13ClO2/c16-14(12-6-2-1-3-7-12)10-11-5-4-8-13(9-11)15(17)18/h1-9,14H,10H2,(H,17,18). The first-order valence-electron chi connectivity index (χ1n) is 5.68. The Morgan fingerprint density at radius 1 is 1.11 bits per heavy atom. The summed E-state index contributed by atoms with van der Waals surface area (Å²) in [5, 5.41) is 8.78. The normalized spacial score (nSPS) is 12.1. The summed E-state index contributed by atoms with van der Waals surface area (Å²) in [6, 6.07) is 16.7. The molecule has 2 rings (SSSR count). The summed E-state index contributed by atoms with van der Waals surface area (Å²) < 4.78 is 0. The minimum atomic E-state index is -0.914. The Bertz CT molecular complexity index is 537. The molecule has 0 saturated carbocycles. The molecule has 1 N–H and O–H groups in total. The first-order valence-corrected chi connectivity index (χ1v) is 6.11. The number of aromatic carboxylic acids is 1. The van der Waals surface area contributed by atoms with Gasteiger partial charge in [0.1, 0.15) is 0 Å². The molecule has 92 valence electrons. The van der Waals surface area contributed by atoms with Crippen LogP contribution in [0.15, 0.2) is 54.6 Å². The van der Waals surface area contributed by atoms with Crippen LogP contribution in [0.25, 0.3) is 0 Å². The molecule has 0 saturated heterocycles. The Kier molecular flexibility index (Phi) is 4.00. The van der Waals surface area contributed by atoms with Gasteiger partial charge in [-0.3, -0.25) is 0 Å². The minimum Gasteiger partial charge on any atom is -0.478 e. The van der Waals surface area contributed by atoms with Crippen molar-refractivity contribution in [2.45, 2.75) is 11.8 Å². The van der Waals surface area contributed by atoms with Gasteiger partial charge in [-0.25, -0.2) is 4.79 Å². The highest BCUT2D eigenvalue weighted by Gasteiger charge is 2.10. The Morgan fingerprint density at radius 3 is 2.50 bits per heavy atom. The minimum absolute atomic E-state index is 0.143. The molecule has 18 heavy (non-hydrogen) atoms. The molecule has 0 aliphatic heterocycles. The van der Waals surface area contributed by atoms with Gasteiger partial charge in [0, 0.05) is 0 Å². The number of halogens is 1. The lowest BCUT2D eigenvalue weighted by Gasteiger charge is -2.10. The van der Waals surface area contributed by atoms with E-state index in [1.807, 2.05) is 36.4 Å². The lowest BCUT2D eigenvalue weighted by molar-refractivity contribution is 0.0697. The van der Waals surface area contributed by atoms with E-state index in [0.717, 1.165) is 11.1 Å². The van der Waals surface area contributed by atoms with Crippen molar-refractivity contribution in [3.8, 4) is 0 Å². The summed E-state index contributed by atoms with van der Waals surface area (Å²) in [6.07, 6.45) is 0.618. The van der Waals surface area contributed by atoms with Gasteiger partial charge in [0.25, 0.3) is 0 Å². The number of benzene rings is 2. The Morgan fingerprint density at radius 2 is 1.83 bits per heavy atom. The van der Waals surface area contributed by atoms with Crippen molar-refractivity contribution < 1.29 is 9.90 Å². The summed E-state index contributed by atoms with van der Waals surface area (Å²) in [5.74, 6) is -0.914. The molecule has 2 aromatic rings. The molecule has 0 fully saturated rings. The molecule has 2 aromatic carbocycles. The first kappa shape index (κ1) is 12.7. The van der Waals surface area contributed by atoms with Crippen LogP contribution in [0, 0.1) is 0 Å². The Labute approximate surface area is 111 Å². The molecule has 3 heteroatoms. The van der Waals surface area contributed by atoms with Gasteiger partial charge in [0.2, 0.25) is 0 Å². The van der Waals surface area contributed by atoms with E-state index in [-0.39, 0.29) is 5.38 Å². The van der Waals surface area contributed by atoms with Crippen molar-refractivity contribution in [3.05, 3.63) is 71.3 Å². The van der Waals surface area contributed by atoms with E-state index in [1.54, 1.807) is 18.2 Å². The molecule has 2 nitrogen and oxygen atoms in total. The summed E-state index contributed by atoms with van der Waals surface area (Å²) in [4.78, 5) is 10.9.